The van der Waals surface area contributed by atoms with Crippen LogP contribution in [0.3, 0.4) is 0 Å². The molecule has 5 nitrogen and oxygen atoms in total. The second-order valence-corrected chi connectivity index (χ2v) is 8.95. The molecule has 0 radical (unpaired) electrons. The van der Waals surface area contributed by atoms with Crippen molar-refractivity contribution in [2.75, 3.05) is 6.61 Å². The predicted octanol–water partition coefficient (Wildman–Crippen LogP) is 6.72. The van der Waals surface area contributed by atoms with Gasteiger partial charge in [0.25, 0.3) is 0 Å². The second-order valence-electron chi connectivity index (χ2n) is 8.10. The van der Waals surface area contributed by atoms with Gasteiger partial charge in [0.1, 0.15) is 11.5 Å². The molecule has 4 rings (SSSR count). The van der Waals surface area contributed by atoms with Crippen molar-refractivity contribution in [3.8, 4) is 17.2 Å². The Balaban J connectivity index is 1.40. The van der Waals surface area contributed by atoms with E-state index in [1.165, 1.54) is 5.56 Å². The van der Waals surface area contributed by atoms with E-state index in [2.05, 4.69) is 4.98 Å². The van der Waals surface area contributed by atoms with Gasteiger partial charge in [0.05, 0.1) is 28.8 Å². The number of oxazole rings is 1. The summed E-state index contributed by atoms with van der Waals surface area (Å²) in [6.45, 7) is 4.26. The maximum absolute atomic E-state index is 11.6. The molecule has 2 atom stereocenters. The van der Waals surface area contributed by atoms with Crippen molar-refractivity contribution >= 4 is 29.2 Å². The number of aryl methyl sites for hydroxylation is 2. The first-order valence-electron chi connectivity index (χ1n) is 10.8. The van der Waals surface area contributed by atoms with Crippen molar-refractivity contribution < 1.29 is 19.1 Å². The van der Waals surface area contributed by atoms with Crippen LogP contribution in [0.1, 0.15) is 48.3 Å². The summed E-state index contributed by atoms with van der Waals surface area (Å²) in [7, 11) is 0. The molecule has 1 N–H and O–H groups in total. The molecular formula is C25H25Cl2NO4. The largest absolute Gasteiger partial charge is 0.493 e. The number of carbonyl (C=O) groups is 1. The predicted molar refractivity (Wildman–Crippen MR) is 125 cm³/mol. The van der Waals surface area contributed by atoms with Crippen LogP contribution in [0.25, 0.3) is 11.5 Å². The van der Waals surface area contributed by atoms with Crippen LogP contribution in [0.15, 0.2) is 40.8 Å². The number of hydrogen-bond acceptors (Lipinski definition) is 4. The van der Waals surface area contributed by atoms with E-state index in [-0.39, 0.29) is 11.8 Å². The number of aromatic nitrogens is 1. The number of ether oxygens (including phenoxy) is 1. The zero-order chi connectivity index (χ0) is 22.8. The second kappa shape index (κ2) is 9.55. The zero-order valence-corrected chi connectivity index (χ0v) is 19.5. The van der Waals surface area contributed by atoms with Crippen LogP contribution in [-0.4, -0.2) is 22.7 Å². The van der Waals surface area contributed by atoms with Gasteiger partial charge in [-0.05, 0) is 73.6 Å². The highest BCUT2D eigenvalue weighted by atomic mass is 35.5. The SMILES string of the molecule is CCC(C(=O)O)C1CCc2cc(OCCc3nc(-c4ccc(Cl)cc4Cl)oc3C)ccc21. The van der Waals surface area contributed by atoms with Crippen molar-refractivity contribution in [3.05, 3.63) is 69.0 Å². The number of rotatable bonds is 8. The van der Waals surface area contributed by atoms with Gasteiger partial charge in [0.15, 0.2) is 0 Å². The van der Waals surface area contributed by atoms with Crippen molar-refractivity contribution in [3.63, 3.8) is 0 Å². The lowest BCUT2D eigenvalue weighted by Gasteiger charge is -2.19. The van der Waals surface area contributed by atoms with E-state index in [4.69, 9.17) is 32.4 Å². The third kappa shape index (κ3) is 4.64. The number of nitrogens with zero attached hydrogens (tertiary/aromatic N) is 1. The average Bonchev–Trinajstić information content (AvgIpc) is 3.32. The molecule has 0 spiro atoms. The summed E-state index contributed by atoms with van der Waals surface area (Å²) in [5.74, 6) is 1.01. The smallest absolute Gasteiger partial charge is 0.307 e. The van der Waals surface area contributed by atoms with Gasteiger partial charge >= 0.3 is 5.97 Å². The minimum Gasteiger partial charge on any atom is -0.493 e. The first-order valence-corrected chi connectivity index (χ1v) is 11.5. The molecular weight excluding hydrogens is 449 g/mol. The molecule has 2 aromatic carbocycles. The van der Waals surface area contributed by atoms with Gasteiger partial charge in [0, 0.05) is 11.4 Å². The van der Waals surface area contributed by atoms with Crippen LogP contribution in [0, 0.1) is 12.8 Å². The molecule has 3 aromatic rings. The van der Waals surface area contributed by atoms with Crippen LogP contribution in [0.4, 0.5) is 0 Å². The quantitative estimate of drug-likeness (QED) is 0.393. The van der Waals surface area contributed by atoms with Crippen LogP contribution in [-0.2, 0) is 17.6 Å². The summed E-state index contributed by atoms with van der Waals surface area (Å²) in [5.41, 5.74) is 3.85. The van der Waals surface area contributed by atoms with E-state index in [9.17, 15) is 9.90 Å². The first kappa shape index (κ1) is 22.7. The number of aliphatic carboxylic acids is 1. The molecule has 168 valence electrons. The van der Waals surface area contributed by atoms with E-state index in [0.717, 1.165) is 35.6 Å². The highest BCUT2D eigenvalue weighted by molar-refractivity contribution is 6.36. The van der Waals surface area contributed by atoms with Gasteiger partial charge < -0.3 is 14.3 Å². The molecule has 1 heterocycles. The number of carboxylic acids is 1. The Morgan fingerprint density at radius 3 is 2.81 bits per heavy atom. The fraction of sp³-hybridized carbons (Fsp3) is 0.360. The lowest BCUT2D eigenvalue weighted by Crippen LogP contribution is -2.19. The Bertz CT molecular complexity index is 1140. The maximum Gasteiger partial charge on any atom is 0.307 e. The van der Waals surface area contributed by atoms with Gasteiger partial charge in [-0.25, -0.2) is 4.98 Å². The molecule has 7 heteroatoms. The van der Waals surface area contributed by atoms with E-state index >= 15 is 0 Å². The highest BCUT2D eigenvalue weighted by Crippen LogP contribution is 2.41. The molecule has 1 aliphatic rings. The Labute approximate surface area is 197 Å². The Morgan fingerprint density at radius 2 is 2.09 bits per heavy atom. The normalized spacial score (nSPS) is 16.1. The number of halogens is 2. The Kier molecular flexibility index (Phi) is 6.77. The van der Waals surface area contributed by atoms with E-state index in [1.807, 2.05) is 32.0 Å². The van der Waals surface area contributed by atoms with Crippen LogP contribution < -0.4 is 4.74 Å². The number of benzene rings is 2. The van der Waals surface area contributed by atoms with E-state index in [1.54, 1.807) is 18.2 Å². The molecule has 0 aliphatic heterocycles. The third-order valence-corrected chi connectivity index (χ3v) is 6.69. The van der Waals surface area contributed by atoms with Gasteiger partial charge in [-0.3, -0.25) is 4.79 Å². The van der Waals surface area contributed by atoms with Gasteiger partial charge in [0.2, 0.25) is 5.89 Å². The summed E-state index contributed by atoms with van der Waals surface area (Å²) in [4.78, 5) is 16.2. The van der Waals surface area contributed by atoms with Crippen molar-refractivity contribution in [1.82, 2.24) is 4.98 Å². The topological polar surface area (TPSA) is 72.6 Å². The Hall–Kier alpha value is -2.50. The molecule has 0 bridgehead atoms. The summed E-state index contributed by atoms with van der Waals surface area (Å²) >= 11 is 12.2. The highest BCUT2D eigenvalue weighted by Gasteiger charge is 2.33. The minimum atomic E-state index is -0.715. The lowest BCUT2D eigenvalue weighted by molar-refractivity contribution is -0.142. The maximum atomic E-state index is 11.6. The van der Waals surface area contributed by atoms with Gasteiger partial charge in [-0.1, -0.05) is 36.2 Å². The molecule has 0 saturated heterocycles. The summed E-state index contributed by atoms with van der Waals surface area (Å²) in [5, 5.41) is 10.6. The summed E-state index contributed by atoms with van der Waals surface area (Å²) in [6, 6.07) is 11.2. The van der Waals surface area contributed by atoms with Crippen molar-refractivity contribution in [2.45, 2.75) is 45.4 Å². The fourth-order valence-corrected chi connectivity index (χ4v) is 4.96. The molecule has 1 aromatic heterocycles. The number of fused-ring (bicyclic) bond motifs is 1. The first-order chi connectivity index (χ1) is 15.4. The van der Waals surface area contributed by atoms with E-state index in [0.29, 0.717) is 40.9 Å². The summed E-state index contributed by atoms with van der Waals surface area (Å²) in [6.07, 6.45) is 2.99. The molecule has 2 unspecified atom stereocenters. The van der Waals surface area contributed by atoms with Crippen molar-refractivity contribution in [2.24, 2.45) is 5.92 Å². The number of carboxylic acid groups (broad SMARTS) is 1. The van der Waals surface area contributed by atoms with E-state index < -0.39 is 5.97 Å². The van der Waals surface area contributed by atoms with Crippen LogP contribution >= 0.6 is 23.2 Å². The number of hydrogen-bond donors (Lipinski definition) is 1. The van der Waals surface area contributed by atoms with Gasteiger partial charge in [-0.15, -0.1) is 0 Å². The minimum absolute atomic E-state index is 0.0810. The standard InChI is InChI=1S/C25H25Cl2NO4/c1-3-18(25(29)30)20-7-4-15-12-17(6-9-19(15)20)31-11-10-23-14(2)32-24(28-23)21-8-5-16(26)13-22(21)27/h5-6,8-9,12-13,18,20H,3-4,7,10-11H2,1-2H3,(H,29,30). The monoisotopic (exact) mass is 473 g/mol. The van der Waals surface area contributed by atoms with Crippen molar-refractivity contribution in [1.29, 1.82) is 0 Å². The van der Waals surface area contributed by atoms with Gasteiger partial charge in [-0.2, -0.15) is 0 Å². The van der Waals surface area contributed by atoms with Crippen LogP contribution in [0.5, 0.6) is 5.75 Å². The fourth-order valence-electron chi connectivity index (χ4n) is 4.47. The zero-order valence-electron chi connectivity index (χ0n) is 18.0. The molecule has 1 aliphatic carbocycles. The average molecular weight is 474 g/mol. The van der Waals surface area contributed by atoms with Crippen LogP contribution in [0.2, 0.25) is 10.0 Å². The Morgan fingerprint density at radius 1 is 1.28 bits per heavy atom. The molecule has 0 amide bonds. The molecule has 0 fully saturated rings. The molecule has 0 saturated carbocycles. The lowest BCUT2D eigenvalue weighted by atomic mass is 9.85. The molecule has 32 heavy (non-hydrogen) atoms. The third-order valence-electron chi connectivity index (χ3n) is 6.14. The summed E-state index contributed by atoms with van der Waals surface area (Å²) < 4.78 is 11.8.